The molecule has 1 atom stereocenters. The second-order valence-electron chi connectivity index (χ2n) is 9.22. The summed E-state index contributed by atoms with van der Waals surface area (Å²) in [4.78, 5) is 11.0. The monoisotopic (exact) mass is 468 g/mol. The van der Waals surface area contributed by atoms with E-state index in [-0.39, 0.29) is 6.61 Å². The smallest absolute Gasteiger partial charge is 0.333 e. The minimum Gasteiger partial charge on any atom is -0.477 e. The Balaban J connectivity index is 1.73. The van der Waals surface area contributed by atoms with Crippen molar-refractivity contribution in [3.05, 3.63) is 66.2 Å². The van der Waals surface area contributed by atoms with E-state index in [0.717, 1.165) is 29.6 Å². The number of carbonyl (C=O) groups excluding carboxylic acids is 1. The average Bonchev–Trinajstić information content (AvgIpc) is 3.14. The summed E-state index contributed by atoms with van der Waals surface area (Å²) in [7, 11) is 0. The SMILES string of the molecule is C=C(C)C(=O)OC(C)(C)CC(C)(S)Oc1ccc2cc(-c3ccc(CCCO)cc3)oc2c1. The summed E-state index contributed by atoms with van der Waals surface area (Å²) in [6, 6.07) is 15.8. The summed E-state index contributed by atoms with van der Waals surface area (Å²) in [5.41, 5.74) is 2.46. The number of thiol groups is 1. The van der Waals surface area contributed by atoms with Gasteiger partial charge < -0.3 is 19.0 Å². The van der Waals surface area contributed by atoms with Crippen molar-refractivity contribution in [3.8, 4) is 17.1 Å². The van der Waals surface area contributed by atoms with E-state index < -0.39 is 16.5 Å². The lowest BCUT2D eigenvalue weighted by Gasteiger charge is -2.34. The summed E-state index contributed by atoms with van der Waals surface area (Å²) < 4.78 is 17.7. The summed E-state index contributed by atoms with van der Waals surface area (Å²) in [6.45, 7) is 10.9. The molecule has 0 bridgehead atoms. The molecule has 3 rings (SSSR count). The number of fused-ring (bicyclic) bond motifs is 1. The van der Waals surface area contributed by atoms with Gasteiger partial charge in [0.25, 0.3) is 0 Å². The lowest BCUT2D eigenvalue weighted by atomic mass is 10.0. The summed E-state index contributed by atoms with van der Waals surface area (Å²) >= 11 is 4.67. The van der Waals surface area contributed by atoms with Gasteiger partial charge in [-0.3, -0.25) is 0 Å². The van der Waals surface area contributed by atoms with Crippen LogP contribution in [-0.4, -0.2) is 28.2 Å². The van der Waals surface area contributed by atoms with Crippen LogP contribution in [0, 0.1) is 0 Å². The number of hydrogen-bond acceptors (Lipinski definition) is 6. The van der Waals surface area contributed by atoms with Crippen LogP contribution in [0.25, 0.3) is 22.3 Å². The highest BCUT2D eigenvalue weighted by atomic mass is 32.1. The highest BCUT2D eigenvalue weighted by Crippen LogP contribution is 2.35. The molecule has 33 heavy (non-hydrogen) atoms. The number of furan rings is 1. The van der Waals surface area contributed by atoms with Crippen molar-refractivity contribution in [2.24, 2.45) is 0 Å². The predicted octanol–water partition coefficient (Wildman–Crippen LogP) is 6.34. The predicted molar refractivity (Wildman–Crippen MR) is 135 cm³/mol. The van der Waals surface area contributed by atoms with Crippen LogP contribution < -0.4 is 4.74 Å². The van der Waals surface area contributed by atoms with Crippen molar-refractivity contribution >= 4 is 29.6 Å². The molecular formula is C27H32O5S. The quantitative estimate of drug-likeness (QED) is 0.157. The van der Waals surface area contributed by atoms with E-state index in [1.54, 1.807) is 6.92 Å². The molecule has 1 aromatic heterocycles. The number of benzene rings is 2. The van der Waals surface area contributed by atoms with E-state index in [1.807, 2.05) is 57.2 Å². The van der Waals surface area contributed by atoms with Crippen LogP contribution in [-0.2, 0) is 16.0 Å². The number of aliphatic hydroxyl groups is 1. The van der Waals surface area contributed by atoms with Crippen LogP contribution in [0.3, 0.4) is 0 Å². The number of rotatable bonds is 10. The molecular weight excluding hydrogens is 436 g/mol. The molecule has 1 N–H and O–H groups in total. The first-order valence-electron chi connectivity index (χ1n) is 11.0. The molecule has 176 valence electrons. The molecule has 0 aliphatic rings. The lowest BCUT2D eigenvalue weighted by molar-refractivity contribution is -0.153. The van der Waals surface area contributed by atoms with Gasteiger partial charge in [0.15, 0.2) is 4.93 Å². The van der Waals surface area contributed by atoms with Gasteiger partial charge in [-0.1, -0.05) is 30.8 Å². The van der Waals surface area contributed by atoms with Gasteiger partial charge in [0.2, 0.25) is 0 Å². The summed E-state index contributed by atoms with van der Waals surface area (Å²) in [5, 5.41) is 9.96. The van der Waals surface area contributed by atoms with Crippen molar-refractivity contribution in [3.63, 3.8) is 0 Å². The van der Waals surface area contributed by atoms with Gasteiger partial charge in [0.05, 0.1) is 0 Å². The van der Waals surface area contributed by atoms with Gasteiger partial charge in [-0.2, -0.15) is 0 Å². The molecule has 2 aromatic carbocycles. The van der Waals surface area contributed by atoms with Gasteiger partial charge >= 0.3 is 5.97 Å². The molecule has 6 heteroatoms. The summed E-state index contributed by atoms with van der Waals surface area (Å²) in [5.74, 6) is 0.953. The zero-order chi connectivity index (χ0) is 24.2. The number of carbonyl (C=O) groups is 1. The van der Waals surface area contributed by atoms with Crippen LogP contribution in [0.4, 0.5) is 0 Å². The lowest BCUT2D eigenvalue weighted by Crippen LogP contribution is -2.39. The highest BCUT2D eigenvalue weighted by molar-refractivity contribution is 7.81. The number of aryl methyl sites for hydroxylation is 1. The van der Waals surface area contributed by atoms with Crippen LogP contribution >= 0.6 is 12.6 Å². The molecule has 0 fully saturated rings. The third-order valence-corrected chi connectivity index (χ3v) is 5.41. The van der Waals surface area contributed by atoms with Gasteiger partial charge in [-0.25, -0.2) is 4.79 Å². The molecule has 0 aliphatic heterocycles. The largest absolute Gasteiger partial charge is 0.477 e. The minimum atomic E-state index is -0.883. The Morgan fingerprint density at radius 2 is 1.82 bits per heavy atom. The first kappa shape index (κ1) is 24.9. The number of aliphatic hydroxyl groups excluding tert-OH is 1. The van der Waals surface area contributed by atoms with Crippen LogP contribution in [0.15, 0.2) is 65.1 Å². The van der Waals surface area contributed by atoms with E-state index >= 15 is 0 Å². The van der Waals surface area contributed by atoms with Crippen LogP contribution in [0.5, 0.6) is 5.75 Å². The average molecular weight is 469 g/mol. The fourth-order valence-electron chi connectivity index (χ4n) is 3.79. The van der Waals surface area contributed by atoms with Gasteiger partial charge in [0, 0.05) is 35.6 Å². The Morgan fingerprint density at radius 1 is 1.12 bits per heavy atom. The van der Waals surface area contributed by atoms with Gasteiger partial charge in [-0.15, -0.1) is 12.6 Å². The third kappa shape index (κ3) is 6.89. The van der Waals surface area contributed by atoms with Crippen molar-refractivity contribution in [1.82, 2.24) is 0 Å². The maximum absolute atomic E-state index is 11.9. The van der Waals surface area contributed by atoms with E-state index in [9.17, 15) is 4.79 Å². The topological polar surface area (TPSA) is 68.9 Å². The van der Waals surface area contributed by atoms with Crippen LogP contribution in [0.1, 0.15) is 46.1 Å². The van der Waals surface area contributed by atoms with Crippen molar-refractivity contribution in [2.75, 3.05) is 6.61 Å². The molecule has 5 nitrogen and oxygen atoms in total. The Hall–Kier alpha value is -2.70. The normalized spacial score (nSPS) is 13.5. The fourth-order valence-corrected chi connectivity index (χ4v) is 4.28. The first-order chi connectivity index (χ1) is 15.5. The molecule has 0 saturated carbocycles. The number of ether oxygens (including phenoxy) is 2. The molecule has 0 saturated heterocycles. The fraction of sp³-hybridized carbons (Fsp3) is 0.370. The molecule has 0 radical (unpaired) electrons. The molecule has 3 aromatic rings. The Morgan fingerprint density at radius 3 is 2.45 bits per heavy atom. The van der Waals surface area contributed by atoms with Gasteiger partial charge in [-0.05, 0) is 64.3 Å². The maximum Gasteiger partial charge on any atom is 0.333 e. The Bertz CT molecular complexity index is 1130. The highest BCUT2D eigenvalue weighted by Gasteiger charge is 2.34. The minimum absolute atomic E-state index is 0.193. The maximum atomic E-state index is 11.9. The standard InChI is InChI=1S/C27H32O5S/c1-18(2)25(29)32-26(3,4)17-27(5,33)31-22-13-12-21-15-23(30-24(21)16-22)20-10-8-19(9-11-20)7-6-14-28/h8-13,15-16,28,33H,1,6-7,14,17H2,2-5H3. The van der Waals surface area contributed by atoms with E-state index in [1.165, 1.54) is 5.56 Å². The molecule has 0 amide bonds. The van der Waals surface area contributed by atoms with Crippen molar-refractivity contribution in [2.45, 2.75) is 57.5 Å². The zero-order valence-electron chi connectivity index (χ0n) is 19.7. The Labute approximate surface area is 200 Å². The van der Waals surface area contributed by atoms with Gasteiger partial charge in [0.1, 0.15) is 22.7 Å². The molecule has 0 aliphatic carbocycles. The number of esters is 1. The molecule has 1 heterocycles. The third-order valence-electron chi connectivity index (χ3n) is 5.16. The Kier molecular flexibility index (Phi) is 7.60. The zero-order valence-corrected chi connectivity index (χ0v) is 20.6. The molecule has 1 unspecified atom stereocenters. The summed E-state index contributed by atoms with van der Waals surface area (Å²) in [6.07, 6.45) is 1.97. The van der Waals surface area contributed by atoms with Crippen molar-refractivity contribution < 1.29 is 23.8 Å². The van der Waals surface area contributed by atoms with Crippen molar-refractivity contribution in [1.29, 1.82) is 0 Å². The van der Waals surface area contributed by atoms with E-state index in [4.69, 9.17) is 19.0 Å². The van der Waals surface area contributed by atoms with Crippen LogP contribution in [0.2, 0.25) is 0 Å². The number of hydrogen-bond donors (Lipinski definition) is 2. The van der Waals surface area contributed by atoms with E-state index in [0.29, 0.717) is 23.3 Å². The second-order valence-corrected chi connectivity index (χ2v) is 10.2. The molecule has 0 spiro atoms. The second kappa shape index (κ2) is 10.1. The first-order valence-corrected chi connectivity index (χ1v) is 11.5. The van der Waals surface area contributed by atoms with E-state index in [2.05, 4.69) is 31.3 Å².